The van der Waals surface area contributed by atoms with E-state index in [2.05, 4.69) is 4.72 Å². The lowest BCUT2D eigenvalue weighted by Gasteiger charge is -2.08. The molecule has 0 bridgehead atoms. The Labute approximate surface area is 125 Å². The van der Waals surface area contributed by atoms with Crippen molar-refractivity contribution in [1.29, 1.82) is 0 Å². The van der Waals surface area contributed by atoms with Gasteiger partial charge in [0, 0.05) is 6.54 Å². The Morgan fingerprint density at radius 2 is 1.86 bits per heavy atom. The lowest BCUT2D eigenvalue weighted by molar-refractivity contribution is -0.142. The maximum absolute atomic E-state index is 12.0. The second-order valence-electron chi connectivity index (χ2n) is 4.27. The predicted octanol–water partition coefficient (Wildman–Crippen LogP) is 1.71. The summed E-state index contributed by atoms with van der Waals surface area (Å²) >= 11 is 0. The molecule has 118 valence electrons. The molecule has 0 spiro atoms. The van der Waals surface area contributed by atoms with E-state index in [9.17, 15) is 13.2 Å². The zero-order valence-corrected chi connectivity index (χ0v) is 13.1. The standard InChI is InChI=1S/C14H21NO5S/c1-3-11-20-12-5-7-13(8-6-12)21(17,18)15-10-9-14(16)19-4-2/h5-8,15H,3-4,9-11H2,1-2H3. The van der Waals surface area contributed by atoms with Crippen molar-refractivity contribution in [2.24, 2.45) is 0 Å². The average molecular weight is 315 g/mol. The van der Waals surface area contributed by atoms with Crippen LogP contribution < -0.4 is 9.46 Å². The van der Waals surface area contributed by atoms with Crippen LogP contribution in [-0.4, -0.2) is 34.1 Å². The Morgan fingerprint density at radius 3 is 2.43 bits per heavy atom. The van der Waals surface area contributed by atoms with Gasteiger partial charge in [0.25, 0.3) is 0 Å². The van der Waals surface area contributed by atoms with Gasteiger partial charge in [0.05, 0.1) is 24.5 Å². The first-order valence-corrected chi connectivity index (χ1v) is 8.36. The van der Waals surface area contributed by atoms with E-state index in [0.717, 1.165) is 6.42 Å². The minimum atomic E-state index is -3.62. The zero-order chi connectivity index (χ0) is 15.7. The van der Waals surface area contributed by atoms with Gasteiger partial charge < -0.3 is 9.47 Å². The fourth-order valence-corrected chi connectivity index (χ4v) is 2.57. The largest absolute Gasteiger partial charge is 0.494 e. The molecular formula is C14H21NO5S. The fraction of sp³-hybridized carbons (Fsp3) is 0.500. The van der Waals surface area contributed by atoms with Crippen molar-refractivity contribution in [2.45, 2.75) is 31.6 Å². The molecule has 0 aliphatic rings. The molecule has 1 N–H and O–H groups in total. The van der Waals surface area contributed by atoms with E-state index in [1.165, 1.54) is 12.1 Å². The van der Waals surface area contributed by atoms with Crippen molar-refractivity contribution in [2.75, 3.05) is 19.8 Å². The van der Waals surface area contributed by atoms with Crippen LogP contribution in [0.2, 0.25) is 0 Å². The molecule has 0 saturated heterocycles. The van der Waals surface area contributed by atoms with Crippen LogP contribution >= 0.6 is 0 Å². The number of hydrogen-bond donors (Lipinski definition) is 1. The van der Waals surface area contributed by atoms with Crippen molar-refractivity contribution >= 4 is 16.0 Å². The van der Waals surface area contributed by atoms with Gasteiger partial charge >= 0.3 is 5.97 Å². The number of benzene rings is 1. The van der Waals surface area contributed by atoms with Gasteiger partial charge in [-0.2, -0.15) is 0 Å². The highest BCUT2D eigenvalue weighted by atomic mass is 32.2. The summed E-state index contributed by atoms with van der Waals surface area (Å²) in [6, 6.07) is 6.15. The summed E-state index contributed by atoms with van der Waals surface area (Å²) in [7, 11) is -3.62. The smallest absolute Gasteiger partial charge is 0.307 e. The molecule has 1 aromatic rings. The molecule has 21 heavy (non-hydrogen) atoms. The fourth-order valence-electron chi connectivity index (χ4n) is 1.54. The van der Waals surface area contributed by atoms with E-state index in [1.54, 1.807) is 19.1 Å². The van der Waals surface area contributed by atoms with Crippen LogP contribution in [0.5, 0.6) is 5.75 Å². The number of sulfonamides is 1. The normalized spacial score (nSPS) is 11.1. The Balaban J connectivity index is 2.55. The number of esters is 1. The molecule has 6 nitrogen and oxygen atoms in total. The maximum Gasteiger partial charge on any atom is 0.307 e. The Bertz CT molecular complexity index is 539. The molecule has 0 heterocycles. The van der Waals surface area contributed by atoms with Crippen LogP contribution in [0.3, 0.4) is 0 Å². The second kappa shape index (κ2) is 8.63. The average Bonchev–Trinajstić information content (AvgIpc) is 2.45. The number of nitrogens with one attached hydrogen (secondary N) is 1. The summed E-state index contributed by atoms with van der Waals surface area (Å²) in [6.07, 6.45) is 0.889. The molecule has 0 amide bonds. The molecule has 0 radical (unpaired) electrons. The molecule has 0 atom stereocenters. The highest BCUT2D eigenvalue weighted by Crippen LogP contribution is 2.16. The third-order valence-corrected chi connectivity index (χ3v) is 4.01. The van der Waals surface area contributed by atoms with Gasteiger partial charge in [0.2, 0.25) is 10.0 Å². The monoisotopic (exact) mass is 315 g/mol. The van der Waals surface area contributed by atoms with Gasteiger partial charge in [-0.25, -0.2) is 13.1 Å². The minimum absolute atomic E-state index is 0.00473. The molecular weight excluding hydrogens is 294 g/mol. The topological polar surface area (TPSA) is 81.7 Å². The molecule has 0 saturated carbocycles. The van der Waals surface area contributed by atoms with Crippen LogP contribution in [0, 0.1) is 0 Å². The molecule has 0 aromatic heterocycles. The maximum atomic E-state index is 12.0. The van der Waals surface area contributed by atoms with E-state index < -0.39 is 16.0 Å². The number of rotatable bonds is 9. The molecule has 1 rings (SSSR count). The summed E-state index contributed by atoms with van der Waals surface area (Å²) in [5.41, 5.74) is 0. The van der Waals surface area contributed by atoms with Crippen LogP contribution in [0.1, 0.15) is 26.7 Å². The third kappa shape index (κ3) is 6.14. The predicted molar refractivity (Wildman–Crippen MR) is 78.7 cm³/mol. The number of hydrogen-bond acceptors (Lipinski definition) is 5. The highest BCUT2D eigenvalue weighted by molar-refractivity contribution is 7.89. The summed E-state index contributed by atoms with van der Waals surface area (Å²) in [4.78, 5) is 11.3. The molecule has 0 aliphatic carbocycles. The van der Waals surface area contributed by atoms with E-state index in [-0.39, 0.29) is 24.5 Å². The summed E-state index contributed by atoms with van der Waals surface area (Å²) in [6.45, 7) is 4.57. The molecule has 7 heteroatoms. The molecule has 0 unspecified atom stereocenters. The third-order valence-electron chi connectivity index (χ3n) is 2.53. The van der Waals surface area contributed by atoms with E-state index in [1.807, 2.05) is 6.92 Å². The Kier molecular flexibility index (Phi) is 7.18. The van der Waals surface area contributed by atoms with E-state index in [4.69, 9.17) is 9.47 Å². The first-order chi connectivity index (χ1) is 9.99. The highest BCUT2D eigenvalue weighted by Gasteiger charge is 2.14. The molecule has 0 aliphatic heterocycles. The quantitative estimate of drug-likeness (QED) is 0.702. The summed E-state index contributed by atoms with van der Waals surface area (Å²) < 4.78 is 36.5. The molecule has 0 fully saturated rings. The number of carbonyl (C=O) groups excluding carboxylic acids is 1. The SMILES string of the molecule is CCCOc1ccc(S(=O)(=O)NCCC(=O)OCC)cc1. The molecule has 1 aromatic carbocycles. The van der Waals surface area contributed by atoms with Gasteiger partial charge in [0.1, 0.15) is 5.75 Å². The van der Waals surface area contributed by atoms with Crippen LogP contribution in [0.4, 0.5) is 0 Å². The second-order valence-corrected chi connectivity index (χ2v) is 6.04. The van der Waals surface area contributed by atoms with Crippen LogP contribution in [0.25, 0.3) is 0 Å². The van der Waals surface area contributed by atoms with Crippen LogP contribution in [-0.2, 0) is 19.6 Å². The van der Waals surface area contributed by atoms with Gasteiger partial charge in [-0.15, -0.1) is 0 Å². The van der Waals surface area contributed by atoms with Gasteiger partial charge in [-0.3, -0.25) is 4.79 Å². The Hall–Kier alpha value is -1.60. The first kappa shape index (κ1) is 17.5. The minimum Gasteiger partial charge on any atom is -0.494 e. The number of carbonyl (C=O) groups is 1. The summed E-state index contributed by atoms with van der Waals surface area (Å²) in [5.74, 6) is 0.200. The number of ether oxygens (including phenoxy) is 2. The first-order valence-electron chi connectivity index (χ1n) is 6.87. The van der Waals surface area contributed by atoms with Crippen molar-refractivity contribution in [1.82, 2.24) is 4.72 Å². The van der Waals surface area contributed by atoms with Crippen molar-refractivity contribution in [3.8, 4) is 5.75 Å². The lowest BCUT2D eigenvalue weighted by atomic mass is 10.3. The van der Waals surface area contributed by atoms with Gasteiger partial charge in [-0.1, -0.05) is 6.92 Å². The van der Waals surface area contributed by atoms with Gasteiger partial charge in [-0.05, 0) is 37.6 Å². The Morgan fingerprint density at radius 1 is 1.19 bits per heavy atom. The van der Waals surface area contributed by atoms with Gasteiger partial charge in [0.15, 0.2) is 0 Å². The van der Waals surface area contributed by atoms with Crippen molar-refractivity contribution in [3.05, 3.63) is 24.3 Å². The van der Waals surface area contributed by atoms with Crippen molar-refractivity contribution in [3.63, 3.8) is 0 Å². The van der Waals surface area contributed by atoms with Crippen molar-refractivity contribution < 1.29 is 22.7 Å². The zero-order valence-electron chi connectivity index (χ0n) is 12.3. The lowest BCUT2D eigenvalue weighted by Crippen LogP contribution is -2.26. The van der Waals surface area contributed by atoms with Crippen LogP contribution in [0.15, 0.2) is 29.2 Å². The van der Waals surface area contributed by atoms with E-state index in [0.29, 0.717) is 12.4 Å². The summed E-state index contributed by atoms with van der Waals surface area (Å²) in [5, 5.41) is 0. The van der Waals surface area contributed by atoms with E-state index >= 15 is 0 Å².